The van der Waals surface area contributed by atoms with E-state index in [4.69, 9.17) is 4.74 Å². The number of aromatic nitrogens is 2. The van der Waals surface area contributed by atoms with Crippen molar-refractivity contribution in [3.05, 3.63) is 39.6 Å². The van der Waals surface area contributed by atoms with Gasteiger partial charge in [0.15, 0.2) is 0 Å². The van der Waals surface area contributed by atoms with E-state index in [1.54, 1.807) is 0 Å². The summed E-state index contributed by atoms with van der Waals surface area (Å²) >= 11 is 3.47. The van der Waals surface area contributed by atoms with Crippen LogP contribution >= 0.6 is 15.9 Å². The topological polar surface area (TPSA) is 47.0 Å². The number of hydrogen-bond donors (Lipinski definition) is 1. The van der Waals surface area contributed by atoms with Crippen molar-refractivity contribution in [2.24, 2.45) is 0 Å². The first-order valence-electron chi connectivity index (χ1n) is 7.10. The van der Waals surface area contributed by atoms with E-state index in [-0.39, 0.29) is 0 Å². The molecule has 112 valence electrons. The zero-order chi connectivity index (χ0) is 15.4. The summed E-state index contributed by atoms with van der Waals surface area (Å²) in [5.41, 5.74) is 1.99. The lowest BCUT2D eigenvalue weighted by Gasteiger charge is -2.14. The summed E-state index contributed by atoms with van der Waals surface area (Å²) in [5.74, 6) is 3.03. The van der Waals surface area contributed by atoms with Crippen LogP contribution in [0.5, 0.6) is 11.6 Å². The van der Waals surface area contributed by atoms with E-state index < -0.39 is 0 Å². The van der Waals surface area contributed by atoms with E-state index in [2.05, 4.69) is 31.2 Å². The summed E-state index contributed by atoms with van der Waals surface area (Å²) in [6.45, 7) is 8.89. The van der Waals surface area contributed by atoms with Gasteiger partial charge in [-0.2, -0.15) is 4.98 Å². The Balaban J connectivity index is 2.43. The van der Waals surface area contributed by atoms with Crippen molar-refractivity contribution in [1.82, 2.24) is 9.97 Å². The minimum Gasteiger partial charge on any atom is -0.438 e. The molecule has 0 radical (unpaired) electrons. The van der Waals surface area contributed by atoms with Crippen LogP contribution in [0.3, 0.4) is 0 Å². The number of halogens is 1. The molecule has 0 bridgehead atoms. The van der Waals surface area contributed by atoms with Crippen LogP contribution in [0.1, 0.15) is 30.8 Å². The molecule has 0 saturated carbocycles. The van der Waals surface area contributed by atoms with Gasteiger partial charge in [-0.3, -0.25) is 0 Å². The molecule has 1 aromatic heterocycles. The molecule has 0 aliphatic heterocycles. The van der Waals surface area contributed by atoms with Gasteiger partial charge >= 0.3 is 0 Å². The summed E-state index contributed by atoms with van der Waals surface area (Å²) in [5, 5.41) is 3.26. The Morgan fingerprint density at radius 2 is 1.95 bits per heavy atom. The van der Waals surface area contributed by atoms with Gasteiger partial charge in [0.1, 0.15) is 17.4 Å². The van der Waals surface area contributed by atoms with Crippen molar-refractivity contribution in [2.75, 3.05) is 11.9 Å². The van der Waals surface area contributed by atoms with Gasteiger partial charge in [0, 0.05) is 17.4 Å². The van der Waals surface area contributed by atoms with E-state index in [9.17, 15) is 0 Å². The summed E-state index contributed by atoms with van der Waals surface area (Å²) in [6.07, 6.45) is 0.770. The molecule has 0 atom stereocenters. The number of rotatable bonds is 5. The number of hydrogen-bond acceptors (Lipinski definition) is 4. The lowest BCUT2D eigenvalue weighted by atomic mass is 10.2. The van der Waals surface area contributed by atoms with Crippen molar-refractivity contribution < 1.29 is 4.74 Å². The highest BCUT2D eigenvalue weighted by Gasteiger charge is 2.13. The smallest absolute Gasteiger partial charge is 0.227 e. The molecular weight excluding hydrogens is 330 g/mol. The summed E-state index contributed by atoms with van der Waals surface area (Å²) in [4.78, 5) is 9.02. The molecule has 0 unspecified atom stereocenters. The maximum Gasteiger partial charge on any atom is 0.227 e. The first-order chi connectivity index (χ1) is 10.0. The second-order valence-corrected chi connectivity index (χ2v) is 5.73. The SMILES string of the molecule is CCNc1nc(CC)nc(Oc2cc(Br)ccc2C)c1C. The second kappa shape index (κ2) is 6.89. The molecule has 1 aromatic carbocycles. The van der Waals surface area contributed by atoms with Crippen LogP contribution in [0, 0.1) is 13.8 Å². The molecule has 0 aliphatic carbocycles. The van der Waals surface area contributed by atoms with Crippen LogP contribution in [0.4, 0.5) is 5.82 Å². The number of aryl methyl sites for hydroxylation is 2. The van der Waals surface area contributed by atoms with Crippen LogP contribution in [-0.4, -0.2) is 16.5 Å². The monoisotopic (exact) mass is 349 g/mol. The van der Waals surface area contributed by atoms with Gasteiger partial charge in [-0.1, -0.05) is 28.9 Å². The summed E-state index contributed by atoms with van der Waals surface area (Å²) < 4.78 is 7.01. The third kappa shape index (κ3) is 3.73. The normalized spacial score (nSPS) is 10.5. The van der Waals surface area contributed by atoms with E-state index in [0.717, 1.165) is 46.0 Å². The number of nitrogens with one attached hydrogen (secondary N) is 1. The Kier molecular flexibility index (Phi) is 5.17. The van der Waals surface area contributed by atoms with Gasteiger partial charge in [-0.05, 0) is 38.5 Å². The quantitative estimate of drug-likeness (QED) is 0.853. The molecular formula is C16H20BrN3O. The second-order valence-electron chi connectivity index (χ2n) is 4.81. The fourth-order valence-electron chi connectivity index (χ4n) is 1.93. The molecule has 0 saturated heterocycles. The minimum absolute atomic E-state index is 0.610. The number of nitrogens with zero attached hydrogens (tertiary/aromatic N) is 2. The van der Waals surface area contributed by atoms with Gasteiger partial charge in [-0.25, -0.2) is 4.98 Å². The Hall–Kier alpha value is -1.62. The molecule has 2 aromatic rings. The van der Waals surface area contributed by atoms with Crippen LogP contribution in [0.25, 0.3) is 0 Å². The van der Waals surface area contributed by atoms with Crippen molar-refractivity contribution in [3.63, 3.8) is 0 Å². The highest BCUT2D eigenvalue weighted by molar-refractivity contribution is 9.10. The molecule has 21 heavy (non-hydrogen) atoms. The number of ether oxygens (including phenoxy) is 1. The highest BCUT2D eigenvalue weighted by atomic mass is 79.9. The zero-order valence-corrected chi connectivity index (χ0v) is 14.4. The zero-order valence-electron chi connectivity index (χ0n) is 12.8. The van der Waals surface area contributed by atoms with Gasteiger partial charge in [0.05, 0.1) is 5.56 Å². The van der Waals surface area contributed by atoms with E-state index in [1.165, 1.54) is 0 Å². The first kappa shape index (κ1) is 15.8. The fourth-order valence-corrected chi connectivity index (χ4v) is 2.27. The average Bonchev–Trinajstić information content (AvgIpc) is 2.47. The Labute approximate surface area is 134 Å². The molecule has 2 rings (SSSR count). The Bertz CT molecular complexity index is 644. The minimum atomic E-state index is 0.610. The first-order valence-corrected chi connectivity index (χ1v) is 7.89. The van der Waals surface area contributed by atoms with Crippen LogP contribution < -0.4 is 10.1 Å². The van der Waals surface area contributed by atoms with E-state index >= 15 is 0 Å². The maximum atomic E-state index is 6.03. The molecule has 5 heteroatoms. The molecule has 0 aliphatic rings. The number of anilines is 1. The van der Waals surface area contributed by atoms with Gasteiger partial charge in [0.25, 0.3) is 0 Å². The molecule has 0 spiro atoms. The lowest BCUT2D eigenvalue weighted by Crippen LogP contribution is -2.07. The van der Waals surface area contributed by atoms with Crippen LogP contribution in [0.2, 0.25) is 0 Å². The predicted octanol–water partition coefficient (Wildman–Crippen LogP) is 4.64. The fraction of sp³-hybridized carbons (Fsp3) is 0.375. The third-order valence-electron chi connectivity index (χ3n) is 3.16. The number of benzene rings is 1. The molecule has 0 amide bonds. The standard InChI is InChI=1S/C16H20BrN3O/c1-5-14-19-15(18-6-2)11(4)16(20-14)21-13-9-12(17)8-7-10(13)3/h7-9H,5-6H2,1-4H3,(H,18,19,20). The van der Waals surface area contributed by atoms with E-state index in [1.807, 2.05) is 45.9 Å². The maximum absolute atomic E-state index is 6.03. The summed E-state index contributed by atoms with van der Waals surface area (Å²) in [7, 11) is 0. The van der Waals surface area contributed by atoms with Crippen molar-refractivity contribution in [3.8, 4) is 11.6 Å². The molecule has 4 nitrogen and oxygen atoms in total. The largest absolute Gasteiger partial charge is 0.438 e. The van der Waals surface area contributed by atoms with Gasteiger partial charge < -0.3 is 10.1 Å². The lowest BCUT2D eigenvalue weighted by molar-refractivity contribution is 0.451. The van der Waals surface area contributed by atoms with Gasteiger partial charge in [-0.15, -0.1) is 0 Å². The molecule has 1 heterocycles. The summed E-state index contributed by atoms with van der Waals surface area (Å²) in [6, 6.07) is 5.97. The average molecular weight is 350 g/mol. The molecule has 0 fully saturated rings. The predicted molar refractivity (Wildman–Crippen MR) is 89.3 cm³/mol. The molecule has 1 N–H and O–H groups in total. The van der Waals surface area contributed by atoms with Crippen molar-refractivity contribution in [1.29, 1.82) is 0 Å². The van der Waals surface area contributed by atoms with Crippen molar-refractivity contribution >= 4 is 21.7 Å². The third-order valence-corrected chi connectivity index (χ3v) is 3.66. The van der Waals surface area contributed by atoms with Crippen molar-refractivity contribution in [2.45, 2.75) is 34.1 Å². The Morgan fingerprint density at radius 3 is 2.62 bits per heavy atom. The van der Waals surface area contributed by atoms with Crippen LogP contribution in [-0.2, 0) is 6.42 Å². The van der Waals surface area contributed by atoms with E-state index in [0.29, 0.717) is 5.88 Å². The highest BCUT2D eigenvalue weighted by Crippen LogP contribution is 2.31. The van der Waals surface area contributed by atoms with Gasteiger partial charge in [0.2, 0.25) is 5.88 Å². The van der Waals surface area contributed by atoms with Crippen LogP contribution in [0.15, 0.2) is 22.7 Å². The Morgan fingerprint density at radius 1 is 1.19 bits per heavy atom.